The van der Waals surface area contributed by atoms with Crippen molar-refractivity contribution in [2.45, 2.75) is 0 Å². The first-order valence-corrected chi connectivity index (χ1v) is 17.7. The molecular weight excluding hydrogens is 687 g/mol. The highest BCUT2D eigenvalue weighted by Gasteiger charge is 2.22. The summed E-state index contributed by atoms with van der Waals surface area (Å²) in [5, 5.41) is 21.0. The van der Waals surface area contributed by atoms with Crippen molar-refractivity contribution in [2.24, 2.45) is 0 Å². The number of aromatic nitrogens is 8. The van der Waals surface area contributed by atoms with Crippen molar-refractivity contribution in [3.63, 3.8) is 0 Å². The summed E-state index contributed by atoms with van der Waals surface area (Å²) in [5.41, 5.74) is 5.39. The molecule has 264 valence electrons. The topological polar surface area (TPSA) is 109 Å². The number of para-hydroxylation sites is 2. The van der Waals surface area contributed by atoms with Crippen LogP contribution in [0.3, 0.4) is 0 Å². The minimum absolute atomic E-state index is 0.332. The van der Waals surface area contributed by atoms with Gasteiger partial charge in [-0.3, -0.25) is 9.13 Å². The summed E-state index contributed by atoms with van der Waals surface area (Å²) in [4.78, 5) is 11.4. The summed E-state index contributed by atoms with van der Waals surface area (Å²) in [6, 6.07) is 44.5. The second-order valence-corrected chi connectivity index (χ2v) is 13.2. The van der Waals surface area contributed by atoms with Crippen LogP contribution in [-0.4, -0.2) is 53.6 Å². The van der Waals surface area contributed by atoms with E-state index in [1.807, 2.05) is 104 Å². The normalized spacial score (nSPS) is 11.5. The minimum Gasteiger partial charge on any atom is -0.455 e. The summed E-state index contributed by atoms with van der Waals surface area (Å²) < 4.78 is 18.0. The first-order valence-electron chi connectivity index (χ1n) is 17.7. The largest absolute Gasteiger partial charge is 0.455 e. The molecule has 0 saturated carbocycles. The first kappa shape index (κ1) is 32.0. The maximum atomic E-state index is 6.83. The molecule has 0 N–H and O–H groups in total. The Labute approximate surface area is 314 Å². The Morgan fingerprint density at radius 3 is 1.44 bits per heavy atom. The summed E-state index contributed by atoms with van der Waals surface area (Å²) in [5.74, 6) is 4.30. The second kappa shape index (κ2) is 13.1. The predicted molar refractivity (Wildman–Crippen MR) is 215 cm³/mol. The van der Waals surface area contributed by atoms with Crippen molar-refractivity contribution >= 4 is 49.3 Å². The van der Waals surface area contributed by atoms with Gasteiger partial charge >= 0.3 is 0 Å². The molecule has 5 aromatic heterocycles. The van der Waals surface area contributed by atoms with Gasteiger partial charge in [-0.15, -0.1) is 20.4 Å². The maximum absolute atomic E-state index is 6.83. The lowest BCUT2D eigenvalue weighted by Gasteiger charge is -2.22. The fourth-order valence-corrected chi connectivity index (χ4v) is 7.37. The molecule has 5 aromatic carbocycles. The second-order valence-electron chi connectivity index (χ2n) is 13.2. The van der Waals surface area contributed by atoms with Gasteiger partial charge < -0.3 is 14.4 Å². The van der Waals surface area contributed by atoms with E-state index in [-0.39, 0.29) is 0 Å². The van der Waals surface area contributed by atoms with Gasteiger partial charge in [0.15, 0.2) is 17.8 Å². The number of rotatable bonds is 8. The van der Waals surface area contributed by atoms with E-state index in [0.717, 1.165) is 60.9 Å². The summed E-state index contributed by atoms with van der Waals surface area (Å²) in [6.07, 6.45) is 4.91. The van der Waals surface area contributed by atoms with E-state index in [1.54, 1.807) is 12.4 Å². The van der Waals surface area contributed by atoms with Gasteiger partial charge in [0.2, 0.25) is 5.82 Å². The van der Waals surface area contributed by atoms with Crippen LogP contribution in [0.15, 0.2) is 152 Å². The number of anilines is 1. The summed E-state index contributed by atoms with van der Waals surface area (Å²) in [7, 11) is 3.92. The molecule has 11 nitrogen and oxygen atoms in total. The number of hydrogen-bond acceptors (Lipinski definition) is 9. The SMILES string of the molecule is CN(C)c1c(Oc2ccc3c4ccccc4n(-c4ccccn4)c3c2)cc(-c2nncnn2)cc1Oc1ccc2c3ccccc3n(-c3ccccn3)c2c1. The van der Waals surface area contributed by atoms with Crippen LogP contribution in [0, 0.1) is 0 Å². The molecule has 10 aromatic rings. The molecule has 0 aliphatic rings. The highest BCUT2D eigenvalue weighted by Crippen LogP contribution is 2.46. The van der Waals surface area contributed by atoms with Gasteiger partial charge in [0, 0.05) is 65.7 Å². The van der Waals surface area contributed by atoms with Gasteiger partial charge in [-0.2, -0.15) is 0 Å². The molecule has 0 unspecified atom stereocenters. The molecule has 11 heteroatoms. The molecule has 0 atom stereocenters. The van der Waals surface area contributed by atoms with E-state index in [0.29, 0.717) is 34.4 Å². The Bertz CT molecular complexity index is 2840. The lowest BCUT2D eigenvalue weighted by atomic mass is 10.1. The van der Waals surface area contributed by atoms with Crippen LogP contribution in [0.25, 0.3) is 66.6 Å². The quantitative estimate of drug-likeness (QED) is 0.152. The zero-order valence-electron chi connectivity index (χ0n) is 29.8. The van der Waals surface area contributed by atoms with E-state index in [1.165, 1.54) is 6.33 Å². The van der Waals surface area contributed by atoms with E-state index in [4.69, 9.17) is 19.4 Å². The molecule has 0 fully saturated rings. The van der Waals surface area contributed by atoms with Gasteiger partial charge in [0.05, 0.1) is 22.1 Å². The molecule has 5 heterocycles. The number of hydrogen-bond donors (Lipinski definition) is 0. The number of fused-ring (bicyclic) bond motifs is 6. The van der Waals surface area contributed by atoms with E-state index in [9.17, 15) is 0 Å². The van der Waals surface area contributed by atoms with Crippen LogP contribution in [0.2, 0.25) is 0 Å². The Hall–Kier alpha value is -7.66. The van der Waals surface area contributed by atoms with E-state index >= 15 is 0 Å². The van der Waals surface area contributed by atoms with Gasteiger partial charge in [0.25, 0.3) is 0 Å². The number of benzene rings is 5. The number of nitrogens with zero attached hydrogens (tertiary/aromatic N) is 9. The maximum Gasteiger partial charge on any atom is 0.203 e. The van der Waals surface area contributed by atoms with Crippen molar-refractivity contribution in [3.8, 4) is 46.0 Å². The standard InChI is InChI=1S/C44H31N9O2/c1-51(2)43-39(54-29-17-19-33-31-11-3-5-13-35(31)52(37(33)25-29)41-15-7-9-21-45-41)23-28(44-49-47-27-48-50-44)24-40(43)55-30-18-20-34-32-12-4-6-14-36(32)53(38(34)26-30)42-16-8-10-22-46-42/h3-27H,1-2H3. The number of ether oxygens (including phenoxy) is 2. The smallest absolute Gasteiger partial charge is 0.203 e. The Morgan fingerprint density at radius 1 is 0.491 bits per heavy atom. The predicted octanol–water partition coefficient (Wildman–Crippen LogP) is 9.57. The van der Waals surface area contributed by atoms with Gasteiger partial charge in [-0.1, -0.05) is 48.5 Å². The Balaban J connectivity index is 1.13. The average molecular weight is 718 g/mol. The molecule has 0 radical (unpaired) electrons. The molecule has 0 amide bonds. The van der Waals surface area contributed by atoms with Crippen molar-refractivity contribution < 1.29 is 9.47 Å². The third-order valence-corrected chi connectivity index (χ3v) is 9.66. The molecule has 10 rings (SSSR count). The average Bonchev–Trinajstić information content (AvgIpc) is 3.73. The van der Waals surface area contributed by atoms with E-state index < -0.39 is 0 Å². The fraction of sp³-hybridized carbons (Fsp3) is 0.0455. The third kappa shape index (κ3) is 5.53. The van der Waals surface area contributed by atoms with Crippen molar-refractivity contribution in [1.82, 2.24) is 39.5 Å². The minimum atomic E-state index is 0.332. The van der Waals surface area contributed by atoms with Crippen LogP contribution < -0.4 is 14.4 Å². The Kier molecular flexibility index (Phi) is 7.62. The van der Waals surface area contributed by atoms with Crippen LogP contribution >= 0.6 is 0 Å². The van der Waals surface area contributed by atoms with Crippen LogP contribution in [0.4, 0.5) is 5.69 Å². The van der Waals surface area contributed by atoms with Crippen LogP contribution in [0.1, 0.15) is 0 Å². The number of pyridine rings is 2. The van der Waals surface area contributed by atoms with Crippen LogP contribution in [-0.2, 0) is 0 Å². The Morgan fingerprint density at radius 2 is 0.964 bits per heavy atom. The third-order valence-electron chi connectivity index (χ3n) is 9.66. The highest BCUT2D eigenvalue weighted by atomic mass is 16.5. The fourth-order valence-electron chi connectivity index (χ4n) is 7.37. The molecule has 0 saturated heterocycles. The zero-order valence-corrected chi connectivity index (χ0v) is 29.8. The van der Waals surface area contributed by atoms with Gasteiger partial charge in [0.1, 0.15) is 28.8 Å². The van der Waals surface area contributed by atoms with Gasteiger partial charge in [-0.25, -0.2) is 9.97 Å². The molecule has 0 spiro atoms. The van der Waals surface area contributed by atoms with Crippen molar-refractivity contribution in [1.29, 1.82) is 0 Å². The van der Waals surface area contributed by atoms with Crippen LogP contribution in [0.5, 0.6) is 23.0 Å². The zero-order chi connectivity index (χ0) is 36.9. The van der Waals surface area contributed by atoms with E-state index in [2.05, 4.69) is 78.1 Å². The summed E-state index contributed by atoms with van der Waals surface area (Å²) >= 11 is 0. The molecule has 0 bridgehead atoms. The van der Waals surface area contributed by atoms with Gasteiger partial charge in [-0.05, 0) is 72.8 Å². The van der Waals surface area contributed by atoms with Crippen molar-refractivity contribution in [3.05, 3.63) is 152 Å². The molecule has 0 aliphatic carbocycles. The monoisotopic (exact) mass is 717 g/mol. The lowest BCUT2D eigenvalue weighted by Crippen LogP contribution is -2.12. The highest BCUT2D eigenvalue weighted by molar-refractivity contribution is 6.10. The molecule has 0 aliphatic heterocycles. The van der Waals surface area contributed by atoms with Crippen molar-refractivity contribution in [2.75, 3.05) is 19.0 Å². The molecular formula is C44H31N9O2. The lowest BCUT2D eigenvalue weighted by molar-refractivity contribution is 0.462. The molecule has 55 heavy (non-hydrogen) atoms. The first-order chi connectivity index (χ1) is 27.1. The summed E-state index contributed by atoms with van der Waals surface area (Å²) in [6.45, 7) is 0.